The summed E-state index contributed by atoms with van der Waals surface area (Å²) in [6.45, 7) is 3.89. The van der Waals surface area contributed by atoms with Crippen molar-refractivity contribution in [1.82, 2.24) is 0 Å². The summed E-state index contributed by atoms with van der Waals surface area (Å²) < 4.78 is 28.1. The molecule has 0 radical (unpaired) electrons. The van der Waals surface area contributed by atoms with E-state index in [1.165, 1.54) is 0 Å². The Balaban J connectivity index is 1.96. The lowest BCUT2D eigenvalue weighted by Gasteiger charge is -2.41. The second-order valence-electron chi connectivity index (χ2n) is 5.61. The molecule has 0 bridgehead atoms. The van der Waals surface area contributed by atoms with Crippen molar-refractivity contribution in [2.45, 2.75) is 76.2 Å². The van der Waals surface area contributed by atoms with Crippen molar-refractivity contribution in [3.8, 4) is 0 Å². The molecule has 0 aromatic carbocycles. The van der Waals surface area contributed by atoms with E-state index in [1.54, 1.807) is 14.2 Å². The van der Waals surface area contributed by atoms with Crippen molar-refractivity contribution in [3.63, 3.8) is 0 Å². The zero-order chi connectivity index (χ0) is 14.7. The van der Waals surface area contributed by atoms with Gasteiger partial charge in [-0.25, -0.2) is 0 Å². The van der Waals surface area contributed by atoms with Crippen LogP contribution in [0.15, 0.2) is 0 Å². The number of hydrogen-bond donors (Lipinski definition) is 1. The quantitative estimate of drug-likeness (QED) is 0.835. The van der Waals surface area contributed by atoms with Crippen LogP contribution in [0.4, 0.5) is 0 Å². The first-order valence-electron chi connectivity index (χ1n) is 7.23. The van der Waals surface area contributed by atoms with E-state index < -0.39 is 6.29 Å². The molecule has 0 aliphatic carbocycles. The van der Waals surface area contributed by atoms with E-state index in [0.29, 0.717) is 12.8 Å². The third kappa shape index (κ3) is 3.90. The Morgan fingerprint density at radius 2 is 1.75 bits per heavy atom. The van der Waals surface area contributed by atoms with Crippen LogP contribution in [0.5, 0.6) is 0 Å². The van der Waals surface area contributed by atoms with Crippen molar-refractivity contribution in [3.05, 3.63) is 0 Å². The molecule has 7 unspecified atom stereocenters. The van der Waals surface area contributed by atoms with Crippen molar-refractivity contribution >= 4 is 0 Å². The van der Waals surface area contributed by atoms with E-state index in [0.717, 1.165) is 6.42 Å². The van der Waals surface area contributed by atoms with Crippen LogP contribution in [-0.2, 0) is 23.7 Å². The van der Waals surface area contributed by atoms with Crippen LogP contribution >= 0.6 is 0 Å². The van der Waals surface area contributed by atoms with Crippen LogP contribution in [0.1, 0.15) is 33.1 Å². The number of rotatable bonds is 4. The molecule has 20 heavy (non-hydrogen) atoms. The minimum absolute atomic E-state index is 0.102. The molecular weight excluding hydrogens is 264 g/mol. The maximum Gasteiger partial charge on any atom is 0.161 e. The molecule has 0 saturated carbocycles. The van der Waals surface area contributed by atoms with Gasteiger partial charge >= 0.3 is 0 Å². The molecule has 6 heteroatoms. The molecule has 2 aliphatic rings. The Kier molecular flexibility index (Phi) is 5.77. The lowest BCUT2D eigenvalue weighted by molar-refractivity contribution is -0.298. The van der Waals surface area contributed by atoms with Crippen molar-refractivity contribution in [1.29, 1.82) is 0 Å². The van der Waals surface area contributed by atoms with Gasteiger partial charge in [0.1, 0.15) is 6.10 Å². The van der Waals surface area contributed by atoms with E-state index in [1.807, 2.05) is 13.8 Å². The van der Waals surface area contributed by atoms with Gasteiger partial charge in [0.2, 0.25) is 0 Å². The van der Waals surface area contributed by atoms with Crippen molar-refractivity contribution in [2.24, 2.45) is 0 Å². The van der Waals surface area contributed by atoms with Gasteiger partial charge in [-0.1, -0.05) is 0 Å². The van der Waals surface area contributed by atoms with Crippen molar-refractivity contribution in [2.75, 3.05) is 14.2 Å². The fourth-order valence-corrected chi connectivity index (χ4v) is 2.95. The van der Waals surface area contributed by atoms with Gasteiger partial charge in [-0.2, -0.15) is 0 Å². The maximum absolute atomic E-state index is 9.62. The SMILES string of the molecule is COC1CC(C)OC(OC2C(C)OC(O)CC2OC)C1. The second kappa shape index (κ2) is 7.15. The highest BCUT2D eigenvalue weighted by atomic mass is 16.7. The Morgan fingerprint density at radius 3 is 2.40 bits per heavy atom. The van der Waals surface area contributed by atoms with Gasteiger partial charge in [0.25, 0.3) is 0 Å². The fraction of sp³-hybridized carbons (Fsp3) is 1.00. The highest BCUT2D eigenvalue weighted by Gasteiger charge is 2.40. The molecule has 7 atom stereocenters. The van der Waals surface area contributed by atoms with Gasteiger partial charge in [-0.05, 0) is 20.3 Å². The van der Waals surface area contributed by atoms with Crippen LogP contribution < -0.4 is 0 Å². The van der Waals surface area contributed by atoms with Gasteiger partial charge in [-0.3, -0.25) is 0 Å². The number of hydrogen-bond acceptors (Lipinski definition) is 6. The molecule has 118 valence electrons. The Morgan fingerprint density at radius 1 is 1.00 bits per heavy atom. The molecule has 0 aromatic heterocycles. The number of aliphatic hydroxyl groups excluding tert-OH is 1. The van der Waals surface area contributed by atoms with Gasteiger partial charge < -0.3 is 28.8 Å². The first-order chi connectivity index (χ1) is 9.53. The Bertz CT molecular complexity index is 299. The average Bonchev–Trinajstić information content (AvgIpc) is 2.40. The van der Waals surface area contributed by atoms with E-state index in [9.17, 15) is 5.11 Å². The predicted octanol–water partition coefficient (Wildman–Crippen LogP) is 1.05. The van der Waals surface area contributed by atoms with Crippen LogP contribution in [0.2, 0.25) is 0 Å². The average molecular weight is 290 g/mol. The summed E-state index contributed by atoms with van der Waals surface area (Å²) in [6.07, 6.45) is 0.405. The lowest BCUT2D eigenvalue weighted by Crippen LogP contribution is -2.52. The minimum atomic E-state index is -0.798. The van der Waals surface area contributed by atoms with E-state index in [-0.39, 0.29) is 36.8 Å². The third-order valence-electron chi connectivity index (χ3n) is 4.01. The molecule has 2 aliphatic heterocycles. The van der Waals surface area contributed by atoms with E-state index >= 15 is 0 Å². The summed E-state index contributed by atoms with van der Waals surface area (Å²) in [6, 6.07) is 0. The van der Waals surface area contributed by atoms with E-state index in [4.69, 9.17) is 23.7 Å². The molecule has 2 saturated heterocycles. The Hall–Kier alpha value is -0.240. The standard InChI is InChI=1S/C14H26O6/c1-8-5-10(16-3)6-13(18-8)20-14-9(2)19-12(15)7-11(14)17-4/h8-15H,5-7H2,1-4H3. The van der Waals surface area contributed by atoms with Crippen LogP contribution in [-0.4, -0.2) is 62.4 Å². The fourth-order valence-electron chi connectivity index (χ4n) is 2.95. The van der Waals surface area contributed by atoms with Gasteiger partial charge in [0.05, 0.1) is 24.4 Å². The number of methoxy groups -OCH3 is 2. The summed E-state index contributed by atoms with van der Waals surface area (Å²) in [5, 5.41) is 9.62. The van der Waals surface area contributed by atoms with Crippen molar-refractivity contribution < 1.29 is 28.8 Å². The van der Waals surface area contributed by atoms with Gasteiger partial charge in [0.15, 0.2) is 12.6 Å². The summed E-state index contributed by atoms with van der Waals surface area (Å²) in [7, 11) is 3.33. The smallest absolute Gasteiger partial charge is 0.161 e. The second-order valence-corrected chi connectivity index (χ2v) is 5.61. The summed E-state index contributed by atoms with van der Waals surface area (Å²) >= 11 is 0. The van der Waals surface area contributed by atoms with E-state index in [2.05, 4.69) is 0 Å². The summed E-state index contributed by atoms with van der Waals surface area (Å²) in [5.74, 6) is 0. The summed E-state index contributed by atoms with van der Waals surface area (Å²) in [4.78, 5) is 0. The molecular formula is C14H26O6. The van der Waals surface area contributed by atoms with Crippen LogP contribution in [0.3, 0.4) is 0 Å². The highest BCUT2D eigenvalue weighted by Crippen LogP contribution is 2.29. The highest BCUT2D eigenvalue weighted by molar-refractivity contribution is 4.84. The minimum Gasteiger partial charge on any atom is -0.381 e. The molecule has 1 N–H and O–H groups in total. The zero-order valence-corrected chi connectivity index (χ0v) is 12.7. The normalized spacial score (nSPS) is 46.4. The van der Waals surface area contributed by atoms with Gasteiger partial charge in [0, 0.05) is 27.1 Å². The first kappa shape index (κ1) is 16.1. The molecule has 2 fully saturated rings. The molecule has 0 spiro atoms. The molecule has 0 amide bonds. The first-order valence-corrected chi connectivity index (χ1v) is 7.23. The molecule has 6 nitrogen and oxygen atoms in total. The third-order valence-corrected chi connectivity index (χ3v) is 4.01. The zero-order valence-electron chi connectivity index (χ0n) is 12.7. The molecule has 2 heterocycles. The van der Waals surface area contributed by atoms with Gasteiger partial charge in [-0.15, -0.1) is 0 Å². The lowest BCUT2D eigenvalue weighted by atomic mass is 10.0. The predicted molar refractivity (Wildman–Crippen MR) is 71.2 cm³/mol. The largest absolute Gasteiger partial charge is 0.381 e. The topological polar surface area (TPSA) is 66.4 Å². The van der Waals surface area contributed by atoms with Crippen LogP contribution in [0, 0.1) is 0 Å². The number of aliphatic hydroxyl groups is 1. The number of ether oxygens (including phenoxy) is 5. The summed E-state index contributed by atoms with van der Waals surface area (Å²) in [5.41, 5.74) is 0. The molecule has 2 rings (SSSR count). The maximum atomic E-state index is 9.62. The molecule has 0 aromatic rings. The Labute approximate surface area is 120 Å². The monoisotopic (exact) mass is 290 g/mol. The van der Waals surface area contributed by atoms with Crippen LogP contribution in [0.25, 0.3) is 0 Å².